The van der Waals surface area contributed by atoms with Gasteiger partial charge < -0.3 is 9.84 Å². The Morgan fingerprint density at radius 2 is 2.29 bits per heavy atom. The Balaban J connectivity index is 2.78. The minimum absolute atomic E-state index is 0.174. The molecule has 0 aromatic carbocycles. The third-order valence-electron chi connectivity index (χ3n) is 2.32. The van der Waals surface area contributed by atoms with Gasteiger partial charge in [0.2, 0.25) is 0 Å². The summed E-state index contributed by atoms with van der Waals surface area (Å²) >= 11 is 1.59. The van der Waals surface area contributed by atoms with Crippen LogP contribution in [0, 0.1) is 6.92 Å². The van der Waals surface area contributed by atoms with Crippen LogP contribution in [0.5, 0.6) is 0 Å². The van der Waals surface area contributed by atoms with Crippen LogP contribution in [0.2, 0.25) is 0 Å². The molecule has 1 rings (SSSR count). The van der Waals surface area contributed by atoms with Gasteiger partial charge in [0.05, 0.1) is 23.4 Å². The molecule has 0 aliphatic heterocycles. The molecule has 0 fully saturated rings. The van der Waals surface area contributed by atoms with E-state index in [1.807, 2.05) is 6.92 Å². The Labute approximate surface area is 105 Å². The fraction of sp³-hybridized carbons (Fsp3) is 0.500. The van der Waals surface area contributed by atoms with Gasteiger partial charge in [0, 0.05) is 11.9 Å². The minimum atomic E-state index is -0.366. The second-order valence-electron chi connectivity index (χ2n) is 3.71. The second-order valence-corrected chi connectivity index (χ2v) is 5.17. The highest BCUT2D eigenvalue weighted by molar-refractivity contribution is 7.99. The molecule has 1 heterocycles. The molecule has 0 saturated heterocycles. The van der Waals surface area contributed by atoms with Crippen molar-refractivity contribution in [1.29, 1.82) is 0 Å². The number of rotatable bonds is 5. The average molecular weight is 255 g/mol. The largest absolute Gasteiger partial charge is 0.465 e. The first-order valence-electron chi connectivity index (χ1n) is 5.42. The molecule has 4 nitrogen and oxygen atoms in total. The first kappa shape index (κ1) is 14.0. The van der Waals surface area contributed by atoms with Crippen molar-refractivity contribution >= 4 is 17.7 Å². The molecule has 0 aliphatic carbocycles. The van der Waals surface area contributed by atoms with Crippen molar-refractivity contribution in [2.45, 2.75) is 30.5 Å². The van der Waals surface area contributed by atoms with E-state index in [9.17, 15) is 4.79 Å². The molecule has 1 aromatic rings. The molecule has 1 aromatic heterocycles. The second kappa shape index (κ2) is 6.61. The molecular formula is C12H17NO3S. The number of pyridine rings is 1. The molecule has 0 amide bonds. The zero-order valence-corrected chi connectivity index (χ0v) is 11.1. The maximum Gasteiger partial charge on any atom is 0.339 e. The summed E-state index contributed by atoms with van der Waals surface area (Å²) in [5, 5.41) is 9.98. The van der Waals surface area contributed by atoms with Gasteiger partial charge in [0.25, 0.3) is 0 Å². The van der Waals surface area contributed by atoms with Crippen LogP contribution in [0.3, 0.4) is 0 Å². The standard InChI is InChI=1S/C12H17NO3S/c1-8(6-7-14)17-11-5-4-10(9(2)13-11)12(15)16-3/h4-5,8,14H,6-7H2,1-3H3. The topological polar surface area (TPSA) is 59.4 Å². The molecule has 1 atom stereocenters. The summed E-state index contributed by atoms with van der Waals surface area (Å²) in [5.74, 6) is -0.366. The minimum Gasteiger partial charge on any atom is -0.465 e. The number of aryl methyl sites for hydroxylation is 1. The van der Waals surface area contributed by atoms with Gasteiger partial charge in [-0.2, -0.15) is 0 Å². The quantitative estimate of drug-likeness (QED) is 0.644. The Hall–Kier alpha value is -1.07. The van der Waals surface area contributed by atoms with Crippen molar-refractivity contribution in [3.05, 3.63) is 23.4 Å². The van der Waals surface area contributed by atoms with Crippen LogP contribution in [0.4, 0.5) is 0 Å². The normalized spacial score (nSPS) is 12.2. The molecule has 17 heavy (non-hydrogen) atoms. The number of carbonyl (C=O) groups is 1. The lowest BCUT2D eigenvalue weighted by molar-refractivity contribution is 0.0599. The number of nitrogens with zero attached hydrogens (tertiary/aromatic N) is 1. The van der Waals surface area contributed by atoms with Crippen LogP contribution in [-0.2, 0) is 4.74 Å². The molecule has 94 valence electrons. The molecule has 5 heteroatoms. The van der Waals surface area contributed by atoms with Crippen LogP contribution < -0.4 is 0 Å². The average Bonchev–Trinajstić information content (AvgIpc) is 2.28. The summed E-state index contributed by atoms with van der Waals surface area (Å²) in [7, 11) is 1.35. The summed E-state index contributed by atoms with van der Waals surface area (Å²) < 4.78 is 4.66. The summed E-state index contributed by atoms with van der Waals surface area (Å²) in [5.41, 5.74) is 1.16. The first-order valence-corrected chi connectivity index (χ1v) is 6.30. The van der Waals surface area contributed by atoms with Gasteiger partial charge in [-0.25, -0.2) is 9.78 Å². The van der Waals surface area contributed by atoms with Crippen LogP contribution in [-0.4, -0.2) is 35.0 Å². The van der Waals surface area contributed by atoms with Gasteiger partial charge in [-0.3, -0.25) is 0 Å². The Morgan fingerprint density at radius 3 is 2.82 bits per heavy atom. The van der Waals surface area contributed by atoms with Crippen LogP contribution in [0.15, 0.2) is 17.2 Å². The number of aliphatic hydroxyl groups excluding tert-OH is 1. The number of hydrogen-bond donors (Lipinski definition) is 1. The third-order valence-corrected chi connectivity index (χ3v) is 3.43. The van der Waals surface area contributed by atoms with Gasteiger partial charge in [-0.1, -0.05) is 6.92 Å². The maximum atomic E-state index is 11.4. The molecule has 1 N–H and O–H groups in total. The van der Waals surface area contributed by atoms with Crippen LogP contribution in [0.1, 0.15) is 29.4 Å². The van der Waals surface area contributed by atoms with E-state index in [2.05, 4.69) is 9.72 Å². The van der Waals surface area contributed by atoms with Crippen molar-refractivity contribution < 1.29 is 14.6 Å². The number of aliphatic hydroxyl groups is 1. The van der Waals surface area contributed by atoms with Crippen molar-refractivity contribution in [2.24, 2.45) is 0 Å². The Bertz CT molecular complexity index is 395. The molecule has 1 unspecified atom stereocenters. The number of thioether (sulfide) groups is 1. The van der Waals surface area contributed by atoms with Gasteiger partial charge >= 0.3 is 5.97 Å². The van der Waals surface area contributed by atoms with Crippen LogP contribution in [0.25, 0.3) is 0 Å². The van der Waals surface area contributed by atoms with E-state index >= 15 is 0 Å². The Morgan fingerprint density at radius 1 is 1.59 bits per heavy atom. The number of hydrogen-bond acceptors (Lipinski definition) is 5. The predicted octanol–water partition coefficient (Wildman–Crippen LogP) is 2.04. The van der Waals surface area contributed by atoms with E-state index in [0.717, 1.165) is 11.4 Å². The third kappa shape index (κ3) is 4.02. The van der Waals surface area contributed by atoms with Crippen molar-refractivity contribution in [2.75, 3.05) is 13.7 Å². The van der Waals surface area contributed by atoms with Gasteiger partial charge in [0.15, 0.2) is 0 Å². The predicted molar refractivity (Wildman–Crippen MR) is 67.3 cm³/mol. The maximum absolute atomic E-state index is 11.4. The first-order chi connectivity index (χ1) is 8.08. The monoisotopic (exact) mass is 255 g/mol. The zero-order valence-electron chi connectivity index (χ0n) is 10.3. The van der Waals surface area contributed by atoms with E-state index in [1.165, 1.54) is 7.11 Å². The molecule has 0 saturated carbocycles. The van der Waals surface area contributed by atoms with E-state index < -0.39 is 0 Å². The summed E-state index contributed by atoms with van der Waals surface area (Å²) in [4.78, 5) is 15.7. The Kier molecular flexibility index (Phi) is 5.44. The molecule has 0 bridgehead atoms. The lowest BCUT2D eigenvalue weighted by Gasteiger charge is -2.10. The van der Waals surface area contributed by atoms with E-state index in [-0.39, 0.29) is 12.6 Å². The molecule has 0 spiro atoms. The summed E-state index contributed by atoms with van der Waals surface area (Å²) in [6.45, 7) is 3.99. The van der Waals surface area contributed by atoms with Gasteiger partial charge in [0.1, 0.15) is 0 Å². The molecule has 0 radical (unpaired) electrons. The number of methoxy groups -OCH3 is 1. The molecule has 0 aliphatic rings. The van der Waals surface area contributed by atoms with Crippen molar-refractivity contribution in [3.63, 3.8) is 0 Å². The lowest BCUT2D eigenvalue weighted by Crippen LogP contribution is -2.06. The van der Waals surface area contributed by atoms with Crippen molar-refractivity contribution in [1.82, 2.24) is 4.98 Å². The van der Waals surface area contributed by atoms with Crippen LogP contribution >= 0.6 is 11.8 Å². The smallest absolute Gasteiger partial charge is 0.339 e. The lowest BCUT2D eigenvalue weighted by atomic mass is 10.2. The highest BCUT2D eigenvalue weighted by Gasteiger charge is 2.12. The SMILES string of the molecule is COC(=O)c1ccc(SC(C)CCO)nc1C. The van der Waals surface area contributed by atoms with E-state index in [4.69, 9.17) is 5.11 Å². The number of carbonyl (C=O) groups excluding carboxylic acids is 1. The van der Waals surface area contributed by atoms with Gasteiger partial charge in [-0.05, 0) is 25.5 Å². The fourth-order valence-electron chi connectivity index (χ4n) is 1.38. The van der Waals surface area contributed by atoms with Gasteiger partial charge in [-0.15, -0.1) is 11.8 Å². The van der Waals surface area contributed by atoms with Crippen molar-refractivity contribution in [3.8, 4) is 0 Å². The molecular weight excluding hydrogens is 238 g/mol. The summed E-state index contributed by atoms with van der Waals surface area (Å²) in [6.07, 6.45) is 0.726. The van der Waals surface area contributed by atoms with E-state index in [0.29, 0.717) is 16.5 Å². The number of ether oxygens (including phenoxy) is 1. The fourth-order valence-corrected chi connectivity index (χ4v) is 2.35. The van der Waals surface area contributed by atoms with E-state index in [1.54, 1.807) is 30.8 Å². The highest BCUT2D eigenvalue weighted by atomic mass is 32.2. The highest BCUT2D eigenvalue weighted by Crippen LogP contribution is 2.24. The number of esters is 1. The summed E-state index contributed by atoms with van der Waals surface area (Å²) in [6, 6.07) is 3.53. The zero-order chi connectivity index (χ0) is 12.8. The number of aromatic nitrogens is 1.